The lowest BCUT2D eigenvalue weighted by Crippen LogP contribution is -2.17. The molecule has 1 aliphatic heterocycles. The Kier molecular flexibility index (Phi) is 5.22. The summed E-state index contributed by atoms with van der Waals surface area (Å²) < 4.78 is 22.6. The number of sulfone groups is 1. The third-order valence-corrected chi connectivity index (χ3v) is 6.86. The van der Waals surface area contributed by atoms with Crippen LogP contribution in [-0.2, 0) is 25.8 Å². The molecule has 1 atom stereocenters. The average Bonchev–Trinajstić information content (AvgIpc) is 2.93. The van der Waals surface area contributed by atoms with E-state index in [4.69, 9.17) is 5.11 Å². The molecule has 0 spiro atoms. The van der Waals surface area contributed by atoms with Crippen LogP contribution in [0.3, 0.4) is 0 Å². The number of thioether (sulfide) groups is 1. The molecule has 1 aromatic rings. The lowest BCUT2D eigenvalue weighted by Gasteiger charge is -2.06. The third kappa shape index (κ3) is 5.29. The molecule has 0 saturated carbocycles. The zero-order valence-corrected chi connectivity index (χ0v) is 13.4. The van der Waals surface area contributed by atoms with Crippen molar-refractivity contribution in [3.8, 4) is 0 Å². The maximum atomic E-state index is 11.7. The summed E-state index contributed by atoms with van der Waals surface area (Å²) in [6.45, 7) is 0. The Hall–Kier alpha value is -1.13. The molecule has 0 bridgehead atoms. The van der Waals surface area contributed by atoms with Crippen LogP contribution in [0.2, 0.25) is 0 Å². The fourth-order valence-electron chi connectivity index (χ4n) is 1.84. The van der Waals surface area contributed by atoms with Crippen molar-refractivity contribution in [3.63, 3.8) is 0 Å². The van der Waals surface area contributed by atoms with Gasteiger partial charge in [0, 0.05) is 10.6 Å². The molecule has 2 rings (SSSR count). The molecular formula is C11H14N2O5S3. The largest absolute Gasteiger partial charge is 0.481 e. The van der Waals surface area contributed by atoms with Crippen LogP contribution >= 0.6 is 23.1 Å². The van der Waals surface area contributed by atoms with E-state index in [1.165, 1.54) is 23.1 Å². The maximum absolute atomic E-state index is 11.7. The van der Waals surface area contributed by atoms with Gasteiger partial charge in [0.15, 0.2) is 15.0 Å². The monoisotopic (exact) mass is 350 g/mol. The molecule has 1 unspecified atom stereocenters. The molecule has 2 heterocycles. The minimum absolute atomic E-state index is 0.0281. The molecule has 10 heteroatoms. The van der Waals surface area contributed by atoms with E-state index in [9.17, 15) is 18.0 Å². The second-order valence-electron chi connectivity index (χ2n) is 4.60. The van der Waals surface area contributed by atoms with E-state index >= 15 is 0 Å². The lowest BCUT2D eigenvalue weighted by molar-refractivity contribution is -0.136. The molecule has 0 aliphatic carbocycles. The van der Waals surface area contributed by atoms with Gasteiger partial charge in [-0.05, 0) is 6.42 Å². The normalized spacial score (nSPS) is 20.3. The van der Waals surface area contributed by atoms with Gasteiger partial charge in [0.1, 0.15) is 0 Å². The first-order chi connectivity index (χ1) is 9.84. The van der Waals surface area contributed by atoms with Crippen LogP contribution < -0.4 is 5.32 Å². The number of nitrogens with zero attached hydrogens (tertiary/aromatic N) is 1. The van der Waals surface area contributed by atoms with Crippen molar-refractivity contribution < 1.29 is 23.1 Å². The number of anilines is 1. The summed E-state index contributed by atoms with van der Waals surface area (Å²) in [5.74, 6) is -0.757. The number of rotatable bonds is 6. The fourth-order valence-corrected chi connectivity index (χ4v) is 6.01. The van der Waals surface area contributed by atoms with Crippen molar-refractivity contribution in [2.75, 3.05) is 22.6 Å². The van der Waals surface area contributed by atoms with E-state index in [0.29, 0.717) is 17.2 Å². The van der Waals surface area contributed by atoms with Crippen molar-refractivity contribution in [3.05, 3.63) is 11.1 Å². The molecule has 0 radical (unpaired) electrons. The number of hydrogen-bond acceptors (Lipinski definition) is 7. The number of amides is 1. The molecule has 0 aromatic carbocycles. The number of carbonyl (C=O) groups excluding carboxylic acids is 1. The summed E-state index contributed by atoms with van der Waals surface area (Å²) >= 11 is 2.49. The Morgan fingerprint density at radius 1 is 1.52 bits per heavy atom. The maximum Gasteiger partial charge on any atom is 0.309 e. The zero-order valence-electron chi connectivity index (χ0n) is 10.9. The standard InChI is InChI=1S/C11H14N2O5S3/c14-9(5-19-8-1-2-21(17,18)6-8)13-11-12-7(4-20-11)3-10(15)16/h4,8H,1-3,5-6H2,(H,15,16)(H,12,13,14). The van der Waals surface area contributed by atoms with Crippen molar-refractivity contribution >= 4 is 49.9 Å². The van der Waals surface area contributed by atoms with Crippen molar-refractivity contribution in [2.24, 2.45) is 0 Å². The Morgan fingerprint density at radius 2 is 2.29 bits per heavy atom. The van der Waals surface area contributed by atoms with E-state index in [1.807, 2.05) is 0 Å². The van der Waals surface area contributed by atoms with E-state index in [2.05, 4.69) is 10.3 Å². The number of thiazole rings is 1. The molecule has 1 aliphatic rings. The third-order valence-electron chi connectivity index (χ3n) is 2.77. The molecule has 1 saturated heterocycles. The highest BCUT2D eigenvalue weighted by molar-refractivity contribution is 8.02. The molecule has 7 nitrogen and oxygen atoms in total. The van der Waals surface area contributed by atoms with Gasteiger partial charge < -0.3 is 10.4 Å². The molecular weight excluding hydrogens is 336 g/mol. The van der Waals surface area contributed by atoms with E-state index in [-0.39, 0.29) is 34.8 Å². The molecule has 21 heavy (non-hydrogen) atoms. The van der Waals surface area contributed by atoms with E-state index in [0.717, 1.165) is 0 Å². The summed E-state index contributed by atoms with van der Waals surface area (Å²) in [5.41, 5.74) is 0.400. The number of aromatic nitrogens is 1. The summed E-state index contributed by atoms with van der Waals surface area (Å²) in [5, 5.41) is 13.1. The Balaban J connectivity index is 1.77. The highest BCUT2D eigenvalue weighted by Gasteiger charge is 2.28. The highest BCUT2D eigenvalue weighted by atomic mass is 32.2. The minimum atomic E-state index is -2.93. The second-order valence-corrected chi connectivity index (χ2v) is 8.97. The molecule has 1 aromatic heterocycles. The first-order valence-electron chi connectivity index (χ1n) is 6.12. The van der Waals surface area contributed by atoms with Crippen LogP contribution in [0.25, 0.3) is 0 Å². The minimum Gasteiger partial charge on any atom is -0.481 e. The van der Waals surface area contributed by atoms with Gasteiger partial charge in [0.05, 0.1) is 29.4 Å². The molecule has 2 N–H and O–H groups in total. The predicted molar refractivity (Wildman–Crippen MR) is 81.6 cm³/mol. The van der Waals surface area contributed by atoms with Gasteiger partial charge in [-0.15, -0.1) is 23.1 Å². The second kappa shape index (κ2) is 6.75. The van der Waals surface area contributed by atoms with Crippen LogP contribution in [0.1, 0.15) is 12.1 Å². The van der Waals surface area contributed by atoms with Gasteiger partial charge in [0.25, 0.3) is 0 Å². The van der Waals surface area contributed by atoms with Crippen LogP contribution in [-0.4, -0.2) is 52.9 Å². The van der Waals surface area contributed by atoms with Crippen LogP contribution in [0, 0.1) is 0 Å². The SMILES string of the molecule is O=C(O)Cc1csc(NC(=O)CSC2CCS(=O)(=O)C2)n1. The number of carboxylic acid groups (broad SMARTS) is 1. The van der Waals surface area contributed by atoms with Gasteiger partial charge in [0.2, 0.25) is 5.91 Å². The van der Waals surface area contributed by atoms with Crippen molar-refractivity contribution in [1.29, 1.82) is 0 Å². The molecule has 116 valence electrons. The average molecular weight is 350 g/mol. The number of carboxylic acids is 1. The van der Waals surface area contributed by atoms with Gasteiger partial charge in [-0.2, -0.15) is 0 Å². The van der Waals surface area contributed by atoms with Gasteiger partial charge in [-0.1, -0.05) is 0 Å². The summed E-state index contributed by atoms with van der Waals surface area (Å²) in [6.07, 6.45) is 0.404. The fraction of sp³-hybridized carbons (Fsp3) is 0.545. The molecule has 1 fully saturated rings. The van der Waals surface area contributed by atoms with Gasteiger partial charge in [-0.25, -0.2) is 13.4 Å². The summed E-state index contributed by atoms with van der Waals surface area (Å²) in [4.78, 5) is 26.3. The quantitative estimate of drug-likeness (QED) is 0.773. The number of carbonyl (C=O) groups is 2. The Bertz CT molecular complexity index is 640. The topological polar surface area (TPSA) is 113 Å². The Labute approximate surface area is 130 Å². The van der Waals surface area contributed by atoms with Gasteiger partial charge >= 0.3 is 5.97 Å². The van der Waals surface area contributed by atoms with Crippen LogP contribution in [0.4, 0.5) is 5.13 Å². The lowest BCUT2D eigenvalue weighted by atomic mass is 10.3. The van der Waals surface area contributed by atoms with Crippen molar-refractivity contribution in [1.82, 2.24) is 4.98 Å². The van der Waals surface area contributed by atoms with Gasteiger partial charge in [-0.3, -0.25) is 9.59 Å². The first kappa shape index (κ1) is 16.2. The smallest absolute Gasteiger partial charge is 0.309 e. The summed E-state index contributed by atoms with van der Waals surface area (Å²) in [7, 11) is -2.93. The van der Waals surface area contributed by atoms with Crippen molar-refractivity contribution in [2.45, 2.75) is 18.1 Å². The highest BCUT2D eigenvalue weighted by Crippen LogP contribution is 2.24. The Morgan fingerprint density at radius 3 is 2.90 bits per heavy atom. The number of hydrogen-bond donors (Lipinski definition) is 2. The summed E-state index contributed by atoms with van der Waals surface area (Å²) in [6, 6.07) is 0. The predicted octanol–water partition coefficient (Wildman–Crippen LogP) is 0.629. The van der Waals surface area contributed by atoms with E-state index in [1.54, 1.807) is 5.38 Å². The first-order valence-corrected chi connectivity index (χ1v) is 9.87. The number of aliphatic carboxylic acids is 1. The van der Waals surface area contributed by atoms with Crippen LogP contribution in [0.15, 0.2) is 5.38 Å². The van der Waals surface area contributed by atoms with E-state index < -0.39 is 15.8 Å². The zero-order chi connectivity index (χ0) is 15.5. The number of nitrogens with one attached hydrogen (secondary N) is 1. The van der Waals surface area contributed by atoms with Crippen LogP contribution in [0.5, 0.6) is 0 Å². The molecule has 1 amide bonds.